The third-order valence-electron chi connectivity index (χ3n) is 6.26. The molecule has 132 valence electrons. The highest BCUT2D eigenvalue weighted by molar-refractivity contribution is 14.1. The number of ether oxygens (including phenoxy) is 1. The molecule has 0 fully saturated rings. The number of halogens is 1. The Balaban J connectivity index is 2.05. The second-order valence-corrected chi connectivity index (χ2v) is 9.27. The highest BCUT2D eigenvalue weighted by Gasteiger charge is 2.54. The van der Waals surface area contributed by atoms with Gasteiger partial charge in [-0.25, -0.2) is 0 Å². The lowest BCUT2D eigenvalue weighted by Gasteiger charge is -2.54. The van der Waals surface area contributed by atoms with Crippen molar-refractivity contribution in [3.63, 3.8) is 0 Å². The van der Waals surface area contributed by atoms with E-state index < -0.39 is 0 Å². The molecule has 0 bridgehead atoms. The highest BCUT2D eigenvalue weighted by Crippen LogP contribution is 2.60. The summed E-state index contributed by atoms with van der Waals surface area (Å²) in [5, 5.41) is 10.8. The molecule has 1 aromatic rings. The summed E-state index contributed by atoms with van der Waals surface area (Å²) in [6.07, 6.45) is 7.96. The van der Waals surface area contributed by atoms with E-state index in [1.54, 1.807) is 0 Å². The van der Waals surface area contributed by atoms with Crippen molar-refractivity contribution in [2.24, 2.45) is 5.41 Å². The van der Waals surface area contributed by atoms with Crippen molar-refractivity contribution in [2.75, 3.05) is 4.43 Å². The number of phenolic OH excluding ortho intramolecular Hbond substituents is 1. The van der Waals surface area contributed by atoms with E-state index in [4.69, 9.17) is 4.74 Å². The monoisotopic (exact) mass is 440 g/mol. The van der Waals surface area contributed by atoms with Crippen LogP contribution in [0.15, 0.2) is 23.8 Å². The fourth-order valence-corrected chi connectivity index (χ4v) is 4.80. The fourth-order valence-electron chi connectivity index (χ4n) is 4.27. The number of hydrogen-bond donors (Lipinski definition) is 1. The standard InChI is InChI=1S/C21H29IO2/c1-14-8-9-21(4)16(11-14)19-17(23)12-15(7-5-6-10-22)13-18(19)24-20(21,2)3/h11-13,16,23H,5-10H2,1-4H3/t16-,21+/m0/s1. The smallest absolute Gasteiger partial charge is 0.127 e. The second-order valence-electron chi connectivity index (χ2n) is 8.19. The van der Waals surface area contributed by atoms with Gasteiger partial charge in [0.05, 0.1) is 0 Å². The van der Waals surface area contributed by atoms with E-state index >= 15 is 0 Å². The van der Waals surface area contributed by atoms with Gasteiger partial charge in [-0.3, -0.25) is 0 Å². The van der Waals surface area contributed by atoms with Gasteiger partial charge in [-0.2, -0.15) is 0 Å². The highest BCUT2D eigenvalue weighted by atomic mass is 127. The van der Waals surface area contributed by atoms with Crippen molar-refractivity contribution < 1.29 is 9.84 Å². The van der Waals surface area contributed by atoms with Gasteiger partial charge in [-0.05, 0) is 75.0 Å². The minimum atomic E-state index is -0.241. The number of allylic oxidation sites excluding steroid dienone is 2. The summed E-state index contributed by atoms with van der Waals surface area (Å²) in [4.78, 5) is 0. The Morgan fingerprint density at radius 3 is 2.71 bits per heavy atom. The zero-order chi connectivity index (χ0) is 17.5. The van der Waals surface area contributed by atoms with Gasteiger partial charge in [0.25, 0.3) is 0 Å². The Morgan fingerprint density at radius 2 is 2.00 bits per heavy atom. The first-order valence-corrected chi connectivity index (χ1v) is 10.6. The number of rotatable bonds is 4. The van der Waals surface area contributed by atoms with E-state index in [2.05, 4.69) is 62.4 Å². The molecule has 0 unspecified atom stereocenters. The first kappa shape index (κ1) is 18.1. The Morgan fingerprint density at radius 1 is 1.25 bits per heavy atom. The van der Waals surface area contributed by atoms with Crippen LogP contribution < -0.4 is 4.74 Å². The van der Waals surface area contributed by atoms with E-state index in [0.717, 1.165) is 37.0 Å². The minimum absolute atomic E-state index is 0.0136. The molecule has 3 heteroatoms. The van der Waals surface area contributed by atoms with E-state index in [-0.39, 0.29) is 16.9 Å². The average Bonchev–Trinajstić information content (AvgIpc) is 2.49. The summed E-state index contributed by atoms with van der Waals surface area (Å²) >= 11 is 2.42. The zero-order valence-electron chi connectivity index (χ0n) is 15.3. The topological polar surface area (TPSA) is 29.5 Å². The van der Waals surface area contributed by atoms with Crippen LogP contribution in [-0.2, 0) is 6.42 Å². The van der Waals surface area contributed by atoms with Crippen LogP contribution in [0.2, 0.25) is 0 Å². The molecule has 2 aliphatic rings. The van der Waals surface area contributed by atoms with Crippen LogP contribution in [0.3, 0.4) is 0 Å². The van der Waals surface area contributed by atoms with Crippen molar-refractivity contribution >= 4 is 22.6 Å². The Hall–Kier alpha value is -0.710. The number of fused-ring (bicyclic) bond motifs is 3. The fraction of sp³-hybridized carbons (Fsp3) is 0.619. The predicted octanol–water partition coefficient (Wildman–Crippen LogP) is 6.15. The molecule has 1 aliphatic heterocycles. The van der Waals surface area contributed by atoms with Crippen molar-refractivity contribution in [1.29, 1.82) is 0 Å². The number of phenols is 1. The van der Waals surface area contributed by atoms with Gasteiger partial charge in [-0.15, -0.1) is 0 Å². The molecule has 0 radical (unpaired) electrons. The third-order valence-corrected chi connectivity index (χ3v) is 7.02. The molecule has 1 heterocycles. The molecule has 0 saturated heterocycles. The van der Waals surface area contributed by atoms with Crippen LogP contribution in [0, 0.1) is 5.41 Å². The molecule has 1 aromatic carbocycles. The lowest BCUT2D eigenvalue weighted by atomic mass is 9.57. The second kappa shape index (κ2) is 6.54. The molecule has 2 atom stereocenters. The van der Waals surface area contributed by atoms with Crippen LogP contribution in [-0.4, -0.2) is 15.1 Å². The van der Waals surface area contributed by atoms with E-state index in [9.17, 15) is 5.11 Å². The van der Waals surface area contributed by atoms with Crippen molar-refractivity contribution in [3.8, 4) is 11.5 Å². The molecular weight excluding hydrogens is 411 g/mol. The maximum absolute atomic E-state index is 10.8. The Kier molecular flexibility index (Phi) is 4.93. The molecule has 0 saturated carbocycles. The Bertz CT molecular complexity index is 662. The molecule has 24 heavy (non-hydrogen) atoms. The molecule has 0 aromatic heterocycles. The van der Waals surface area contributed by atoms with Crippen LogP contribution in [0.5, 0.6) is 11.5 Å². The summed E-state index contributed by atoms with van der Waals surface area (Å²) < 4.78 is 7.65. The van der Waals surface area contributed by atoms with Gasteiger partial charge in [-0.1, -0.05) is 41.2 Å². The van der Waals surface area contributed by atoms with Gasteiger partial charge in [0.1, 0.15) is 17.1 Å². The number of benzene rings is 1. The normalized spacial score (nSPS) is 27.7. The summed E-state index contributed by atoms with van der Waals surface area (Å²) in [6, 6.07) is 4.13. The maximum atomic E-state index is 10.8. The summed E-state index contributed by atoms with van der Waals surface area (Å²) in [5.74, 6) is 1.53. The zero-order valence-corrected chi connectivity index (χ0v) is 17.4. The average molecular weight is 440 g/mol. The van der Waals surface area contributed by atoms with Gasteiger partial charge < -0.3 is 9.84 Å². The molecule has 1 N–H and O–H groups in total. The number of aryl methyl sites for hydroxylation is 1. The van der Waals surface area contributed by atoms with Gasteiger partial charge >= 0.3 is 0 Å². The number of aromatic hydroxyl groups is 1. The van der Waals surface area contributed by atoms with E-state index in [1.165, 1.54) is 22.0 Å². The number of alkyl halides is 1. The van der Waals surface area contributed by atoms with Gasteiger partial charge in [0.15, 0.2) is 0 Å². The van der Waals surface area contributed by atoms with Crippen molar-refractivity contribution in [2.45, 2.75) is 71.3 Å². The van der Waals surface area contributed by atoms with Crippen LogP contribution in [0.4, 0.5) is 0 Å². The van der Waals surface area contributed by atoms with E-state index in [0.29, 0.717) is 5.75 Å². The van der Waals surface area contributed by atoms with Gasteiger partial charge in [0, 0.05) is 16.9 Å². The lowest BCUT2D eigenvalue weighted by Crippen LogP contribution is -2.53. The molecule has 0 spiro atoms. The SMILES string of the molecule is CC1=C[C@H]2c3c(O)cc(CCCCI)cc3OC(C)(C)[C@]2(C)CC1. The first-order valence-electron chi connectivity index (χ1n) is 9.06. The Labute approximate surface area is 159 Å². The predicted molar refractivity (Wildman–Crippen MR) is 108 cm³/mol. The minimum Gasteiger partial charge on any atom is -0.507 e. The lowest BCUT2D eigenvalue weighted by molar-refractivity contribution is -0.0577. The largest absolute Gasteiger partial charge is 0.507 e. The van der Waals surface area contributed by atoms with E-state index in [1.807, 2.05) is 6.07 Å². The van der Waals surface area contributed by atoms with Gasteiger partial charge in [0.2, 0.25) is 0 Å². The summed E-state index contributed by atoms with van der Waals surface area (Å²) in [7, 11) is 0. The van der Waals surface area contributed by atoms with Crippen LogP contribution >= 0.6 is 22.6 Å². The van der Waals surface area contributed by atoms with Crippen LogP contribution in [0.1, 0.15) is 70.4 Å². The molecule has 0 amide bonds. The summed E-state index contributed by atoms with van der Waals surface area (Å²) in [5.41, 5.74) is 3.38. The van der Waals surface area contributed by atoms with Crippen molar-refractivity contribution in [3.05, 3.63) is 34.9 Å². The number of unbranched alkanes of at least 4 members (excludes halogenated alkanes) is 1. The number of hydrogen-bond acceptors (Lipinski definition) is 2. The first-order chi connectivity index (χ1) is 11.3. The van der Waals surface area contributed by atoms with Crippen LogP contribution in [0.25, 0.3) is 0 Å². The molecule has 3 rings (SSSR count). The molecular formula is C21H29IO2. The molecule has 2 nitrogen and oxygen atoms in total. The maximum Gasteiger partial charge on any atom is 0.127 e. The summed E-state index contributed by atoms with van der Waals surface area (Å²) in [6.45, 7) is 8.93. The third kappa shape index (κ3) is 2.97. The quantitative estimate of drug-likeness (QED) is 0.263. The molecule has 1 aliphatic carbocycles. The van der Waals surface area contributed by atoms with Crippen molar-refractivity contribution in [1.82, 2.24) is 0 Å².